The lowest BCUT2D eigenvalue weighted by Gasteiger charge is -2.22. The summed E-state index contributed by atoms with van der Waals surface area (Å²) < 4.78 is 16.1. The van der Waals surface area contributed by atoms with Crippen molar-refractivity contribution in [2.75, 3.05) is 11.5 Å². The largest absolute Gasteiger partial charge is 0.387 e. The van der Waals surface area contributed by atoms with E-state index in [4.69, 9.17) is 4.52 Å². The van der Waals surface area contributed by atoms with Crippen LogP contribution in [0.15, 0.2) is 15.6 Å². The van der Waals surface area contributed by atoms with Gasteiger partial charge in [-0.25, -0.2) is 0 Å². The van der Waals surface area contributed by atoms with Crippen molar-refractivity contribution in [3.63, 3.8) is 0 Å². The van der Waals surface area contributed by atoms with Gasteiger partial charge in [0.1, 0.15) is 6.26 Å². The van der Waals surface area contributed by atoms with Gasteiger partial charge in [-0.1, -0.05) is 20.8 Å². The normalized spacial score (nSPS) is 13.9. The van der Waals surface area contributed by atoms with Gasteiger partial charge in [0.25, 0.3) is 5.56 Å². The Morgan fingerprint density at radius 2 is 2.19 bits per heavy atom. The van der Waals surface area contributed by atoms with Crippen LogP contribution in [0.3, 0.4) is 0 Å². The fourth-order valence-electron chi connectivity index (χ4n) is 1.53. The standard InChI is InChI=1S/C11H19NO3S/c1-4-16(14)6-5-11(2,3)7-9-8-15-12-10(9)13/h8H,4-7H2,1-3H3,(H,12,13). The Kier molecular flexibility index (Phi) is 4.53. The van der Waals surface area contributed by atoms with Gasteiger partial charge in [0.05, 0.1) is 5.56 Å². The van der Waals surface area contributed by atoms with Crippen molar-refractivity contribution < 1.29 is 8.73 Å². The molecule has 0 aliphatic carbocycles. The number of hydrogen-bond donors (Lipinski definition) is 1. The summed E-state index contributed by atoms with van der Waals surface area (Å²) in [6, 6.07) is 0. The molecule has 0 aromatic carbocycles. The highest BCUT2D eigenvalue weighted by Gasteiger charge is 2.21. The molecule has 0 spiro atoms. The van der Waals surface area contributed by atoms with Gasteiger partial charge in [0, 0.05) is 22.3 Å². The fraction of sp³-hybridized carbons (Fsp3) is 0.727. The molecule has 1 atom stereocenters. The first-order chi connectivity index (χ1) is 7.44. The summed E-state index contributed by atoms with van der Waals surface area (Å²) in [5.74, 6) is 1.39. The van der Waals surface area contributed by atoms with Crippen molar-refractivity contribution in [2.24, 2.45) is 5.41 Å². The van der Waals surface area contributed by atoms with Crippen LogP contribution < -0.4 is 5.56 Å². The summed E-state index contributed by atoms with van der Waals surface area (Å²) in [6.45, 7) is 6.07. The molecule has 1 rings (SSSR count). The topological polar surface area (TPSA) is 63.1 Å². The minimum absolute atomic E-state index is 0.0261. The summed E-state index contributed by atoms with van der Waals surface area (Å²) in [6.07, 6.45) is 2.96. The van der Waals surface area contributed by atoms with Crippen LogP contribution in [0.4, 0.5) is 0 Å². The maximum absolute atomic E-state index is 11.4. The lowest BCUT2D eigenvalue weighted by Crippen LogP contribution is -2.21. The molecule has 0 amide bonds. The molecular formula is C11H19NO3S. The second kappa shape index (κ2) is 5.48. The second-order valence-corrected chi connectivity index (χ2v) is 6.58. The Labute approximate surface area is 97.9 Å². The van der Waals surface area contributed by atoms with Gasteiger partial charge in [-0.2, -0.15) is 5.16 Å². The van der Waals surface area contributed by atoms with E-state index in [-0.39, 0.29) is 11.0 Å². The third kappa shape index (κ3) is 3.96. The second-order valence-electron chi connectivity index (χ2n) is 4.72. The molecule has 0 radical (unpaired) electrons. The highest BCUT2D eigenvalue weighted by molar-refractivity contribution is 7.84. The maximum Gasteiger partial charge on any atom is 0.283 e. The van der Waals surface area contributed by atoms with E-state index < -0.39 is 10.8 Å². The number of nitrogens with one attached hydrogen (secondary N) is 1. The van der Waals surface area contributed by atoms with Gasteiger partial charge >= 0.3 is 0 Å². The molecule has 92 valence electrons. The Balaban J connectivity index is 2.55. The first-order valence-corrected chi connectivity index (χ1v) is 6.93. The van der Waals surface area contributed by atoms with Crippen LogP contribution in [-0.2, 0) is 17.2 Å². The minimum Gasteiger partial charge on any atom is -0.387 e. The average molecular weight is 245 g/mol. The summed E-state index contributed by atoms with van der Waals surface area (Å²) in [4.78, 5) is 11.3. The molecule has 5 heteroatoms. The Hall–Kier alpha value is -0.840. The van der Waals surface area contributed by atoms with E-state index >= 15 is 0 Å². The monoisotopic (exact) mass is 245 g/mol. The number of H-pyrrole nitrogens is 1. The quantitative estimate of drug-likeness (QED) is 0.829. The summed E-state index contributed by atoms with van der Waals surface area (Å²) in [5.41, 5.74) is 0.471. The van der Waals surface area contributed by atoms with Crippen molar-refractivity contribution >= 4 is 10.8 Å². The zero-order valence-electron chi connectivity index (χ0n) is 10.0. The SMILES string of the molecule is CCS(=O)CCC(C)(C)Cc1co[nH]c1=O. The van der Waals surface area contributed by atoms with Crippen LogP contribution in [0.5, 0.6) is 0 Å². The van der Waals surface area contributed by atoms with Gasteiger partial charge in [0.15, 0.2) is 0 Å². The predicted octanol–water partition coefficient (Wildman–Crippen LogP) is 1.70. The summed E-state index contributed by atoms with van der Waals surface area (Å²) in [5, 5.41) is 2.28. The maximum atomic E-state index is 11.4. The van der Waals surface area contributed by atoms with Crippen LogP contribution in [0.2, 0.25) is 0 Å². The summed E-state index contributed by atoms with van der Waals surface area (Å²) >= 11 is 0. The third-order valence-electron chi connectivity index (χ3n) is 2.64. The molecular weight excluding hydrogens is 226 g/mol. The van der Waals surface area contributed by atoms with Crippen LogP contribution >= 0.6 is 0 Å². The molecule has 1 unspecified atom stereocenters. The molecule has 0 saturated carbocycles. The molecule has 0 fully saturated rings. The van der Waals surface area contributed by atoms with E-state index in [1.807, 2.05) is 6.92 Å². The fourth-order valence-corrected chi connectivity index (χ4v) is 2.60. The van der Waals surface area contributed by atoms with Gasteiger partial charge in [-0.3, -0.25) is 9.00 Å². The smallest absolute Gasteiger partial charge is 0.283 e. The van der Waals surface area contributed by atoms with E-state index in [9.17, 15) is 9.00 Å². The molecule has 1 aromatic rings. The first kappa shape index (κ1) is 13.2. The zero-order valence-corrected chi connectivity index (χ0v) is 10.9. The van der Waals surface area contributed by atoms with E-state index in [0.717, 1.165) is 6.42 Å². The lowest BCUT2D eigenvalue weighted by molar-refractivity contribution is 0.348. The zero-order chi connectivity index (χ0) is 12.2. The Morgan fingerprint density at radius 1 is 1.50 bits per heavy atom. The molecule has 1 N–H and O–H groups in total. The third-order valence-corrected chi connectivity index (χ3v) is 3.95. The molecule has 0 aliphatic rings. The predicted molar refractivity (Wildman–Crippen MR) is 65.0 cm³/mol. The van der Waals surface area contributed by atoms with Gasteiger partial charge in [-0.15, -0.1) is 0 Å². The van der Waals surface area contributed by atoms with E-state index in [2.05, 4.69) is 19.0 Å². The number of aromatic amines is 1. The van der Waals surface area contributed by atoms with Crippen LogP contribution in [0.25, 0.3) is 0 Å². The molecule has 1 aromatic heterocycles. The summed E-state index contributed by atoms with van der Waals surface area (Å²) in [7, 11) is -0.737. The van der Waals surface area contributed by atoms with Gasteiger partial charge in [-0.05, 0) is 18.3 Å². The lowest BCUT2D eigenvalue weighted by atomic mass is 9.84. The van der Waals surface area contributed by atoms with Crippen molar-refractivity contribution in [3.8, 4) is 0 Å². The molecule has 1 heterocycles. The van der Waals surface area contributed by atoms with E-state index in [1.54, 1.807) is 0 Å². The molecule has 0 bridgehead atoms. The van der Waals surface area contributed by atoms with Crippen LogP contribution in [0, 0.1) is 5.41 Å². The molecule has 4 nitrogen and oxygen atoms in total. The Bertz CT molecular complexity index is 405. The average Bonchev–Trinajstić information content (AvgIpc) is 2.60. The van der Waals surface area contributed by atoms with Crippen molar-refractivity contribution in [3.05, 3.63) is 22.2 Å². The minimum atomic E-state index is -0.737. The van der Waals surface area contributed by atoms with Gasteiger partial charge in [0.2, 0.25) is 0 Å². The van der Waals surface area contributed by atoms with Crippen molar-refractivity contribution in [1.82, 2.24) is 5.16 Å². The highest BCUT2D eigenvalue weighted by atomic mass is 32.2. The number of hydrogen-bond acceptors (Lipinski definition) is 3. The van der Waals surface area contributed by atoms with E-state index in [0.29, 0.717) is 23.5 Å². The first-order valence-electron chi connectivity index (χ1n) is 5.44. The number of aromatic nitrogens is 1. The highest BCUT2D eigenvalue weighted by Crippen LogP contribution is 2.24. The van der Waals surface area contributed by atoms with E-state index in [1.165, 1.54) is 6.26 Å². The Morgan fingerprint density at radius 3 is 2.69 bits per heavy atom. The molecule has 0 saturated heterocycles. The van der Waals surface area contributed by atoms with Crippen molar-refractivity contribution in [1.29, 1.82) is 0 Å². The van der Waals surface area contributed by atoms with Gasteiger partial charge < -0.3 is 4.52 Å². The molecule has 0 aliphatic heterocycles. The molecule has 16 heavy (non-hydrogen) atoms. The van der Waals surface area contributed by atoms with Crippen LogP contribution in [-0.4, -0.2) is 20.9 Å². The number of rotatable bonds is 6. The van der Waals surface area contributed by atoms with Crippen molar-refractivity contribution in [2.45, 2.75) is 33.6 Å². The van der Waals surface area contributed by atoms with Crippen LogP contribution in [0.1, 0.15) is 32.8 Å².